The molecule has 2 amide bonds. The molecule has 3 N–H and O–H groups in total. The summed E-state index contributed by atoms with van der Waals surface area (Å²) in [7, 11) is 0. The lowest BCUT2D eigenvalue weighted by Crippen LogP contribution is -2.52. The van der Waals surface area contributed by atoms with Gasteiger partial charge in [0.1, 0.15) is 11.3 Å². The molecule has 120 valence electrons. The largest absolute Gasteiger partial charge is 0.493 e. The Labute approximate surface area is 128 Å². The highest BCUT2D eigenvalue weighted by atomic mass is 16.5. The van der Waals surface area contributed by atoms with Crippen LogP contribution >= 0.6 is 0 Å². The molecule has 1 aromatic rings. The van der Waals surface area contributed by atoms with E-state index in [0.717, 1.165) is 0 Å². The molecule has 0 aliphatic heterocycles. The van der Waals surface area contributed by atoms with Crippen LogP contribution in [0.25, 0.3) is 0 Å². The Kier molecular flexibility index (Phi) is 5.91. The van der Waals surface area contributed by atoms with Gasteiger partial charge >= 0.3 is 5.97 Å². The third-order valence-corrected chi connectivity index (χ3v) is 2.83. The van der Waals surface area contributed by atoms with E-state index in [0.29, 0.717) is 17.9 Å². The number of para-hydroxylation sites is 1. The van der Waals surface area contributed by atoms with Crippen molar-refractivity contribution in [2.24, 2.45) is 0 Å². The van der Waals surface area contributed by atoms with Gasteiger partial charge in [0, 0.05) is 0 Å². The minimum Gasteiger partial charge on any atom is -0.493 e. The molecule has 0 aliphatic rings. The molecule has 0 heterocycles. The number of carbonyl (C=O) groups excluding carboxylic acids is 2. The van der Waals surface area contributed by atoms with Gasteiger partial charge in [-0.15, -0.1) is 0 Å². The van der Waals surface area contributed by atoms with Gasteiger partial charge in [-0.25, -0.2) is 4.79 Å². The van der Waals surface area contributed by atoms with E-state index in [1.54, 1.807) is 31.2 Å². The molecular formula is C15H20N2O5. The molecule has 0 radical (unpaired) electrons. The molecule has 0 spiro atoms. The van der Waals surface area contributed by atoms with Crippen LogP contribution in [0.2, 0.25) is 0 Å². The number of carboxylic acid groups (broad SMARTS) is 1. The molecular weight excluding hydrogens is 288 g/mol. The van der Waals surface area contributed by atoms with Gasteiger partial charge in [-0.1, -0.05) is 12.1 Å². The van der Waals surface area contributed by atoms with Crippen LogP contribution in [0.4, 0.5) is 0 Å². The van der Waals surface area contributed by atoms with Crippen molar-refractivity contribution in [3.05, 3.63) is 29.8 Å². The van der Waals surface area contributed by atoms with E-state index in [4.69, 9.17) is 9.84 Å². The standard InChI is InChI=1S/C15H20N2O5/c1-4-22-11-8-6-5-7-10(11)13(19)16-9-12(18)17-15(2,3)14(20)21/h5-8H,4,9H2,1-3H3,(H,16,19)(H,17,18)(H,20,21). The summed E-state index contributed by atoms with van der Waals surface area (Å²) >= 11 is 0. The van der Waals surface area contributed by atoms with Crippen molar-refractivity contribution < 1.29 is 24.2 Å². The van der Waals surface area contributed by atoms with Crippen molar-refractivity contribution >= 4 is 17.8 Å². The van der Waals surface area contributed by atoms with Gasteiger partial charge < -0.3 is 20.5 Å². The third kappa shape index (κ3) is 4.76. The Morgan fingerprint density at radius 3 is 2.45 bits per heavy atom. The predicted molar refractivity (Wildman–Crippen MR) is 79.8 cm³/mol. The third-order valence-electron chi connectivity index (χ3n) is 2.83. The first-order chi connectivity index (χ1) is 10.3. The molecule has 0 saturated heterocycles. The second kappa shape index (κ2) is 7.44. The highest BCUT2D eigenvalue weighted by Gasteiger charge is 2.28. The molecule has 22 heavy (non-hydrogen) atoms. The summed E-state index contributed by atoms with van der Waals surface area (Å²) in [5, 5.41) is 13.7. The topological polar surface area (TPSA) is 105 Å². The van der Waals surface area contributed by atoms with Crippen molar-refractivity contribution in [2.75, 3.05) is 13.2 Å². The lowest BCUT2D eigenvalue weighted by molar-refractivity contribution is -0.145. The van der Waals surface area contributed by atoms with Crippen LogP contribution in [0, 0.1) is 0 Å². The number of aliphatic carboxylic acids is 1. The first-order valence-corrected chi connectivity index (χ1v) is 6.82. The number of benzene rings is 1. The van der Waals surface area contributed by atoms with Crippen LogP contribution in [0.1, 0.15) is 31.1 Å². The molecule has 0 saturated carbocycles. The van der Waals surface area contributed by atoms with E-state index >= 15 is 0 Å². The summed E-state index contributed by atoms with van der Waals surface area (Å²) in [6.45, 7) is 4.61. The van der Waals surface area contributed by atoms with Crippen molar-refractivity contribution in [3.8, 4) is 5.75 Å². The fourth-order valence-electron chi connectivity index (χ4n) is 1.64. The van der Waals surface area contributed by atoms with E-state index in [2.05, 4.69) is 10.6 Å². The normalized spacial score (nSPS) is 10.7. The summed E-state index contributed by atoms with van der Waals surface area (Å²) < 4.78 is 5.34. The van der Waals surface area contributed by atoms with Crippen molar-refractivity contribution in [1.29, 1.82) is 0 Å². The van der Waals surface area contributed by atoms with Gasteiger partial charge in [0.05, 0.1) is 18.7 Å². The van der Waals surface area contributed by atoms with Gasteiger partial charge in [0.15, 0.2) is 0 Å². The highest BCUT2D eigenvalue weighted by molar-refractivity contribution is 5.99. The molecule has 0 aromatic heterocycles. The number of carboxylic acids is 1. The number of carbonyl (C=O) groups is 3. The number of ether oxygens (including phenoxy) is 1. The van der Waals surface area contributed by atoms with Crippen molar-refractivity contribution in [2.45, 2.75) is 26.3 Å². The van der Waals surface area contributed by atoms with Crippen molar-refractivity contribution in [1.82, 2.24) is 10.6 Å². The lowest BCUT2D eigenvalue weighted by Gasteiger charge is -2.21. The quantitative estimate of drug-likeness (QED) is 0.691. The first kappa shape index (κ1) is 17.5. The van der Waals surface area contributed by atoms with E-state index in [-0.39, 0.29) is 6.54 Å². The zero-order valence-electron chi connectivity index (χ0n) is 12.8. The van der Waals surface area contributed by atoms with Crippen LogP contribution in [0.5, 0.6) is 5.75 Å². The van der Waals surface area contributed by atoms with E-state index in [9.17, 15) is 14.4 Å². The Hall–Kier alpha value is -2.57. The average Bonchev–Trinajstić information content (AvgIpc) is 2.45. The summed E-state index contributed by atoms with van der Waals surface area (Å²) in [5.41, 5.74) is -1.08. The van der Waals surface area contributed by atoms with Gasteiger partial charge in [0.25, 0.3) is 5.91 Å². The van der Waals surface area contributed by atoms with Crippen molar-refractivity contribution in [3.63, 3.8) is 0 Å². The number of amides is 2. The summed E-state index contributed by atoms with van der Waals surface area (Å²) in [6.07, 6.45) is 0. The van der Waals surface area contributed by atoms with Gasteiger partial charge in [-0.3, -0.25) is 9.59 Å². The maximum Gasteiger partial charge on any atom is 0.328 e. The second-order valence-electron chi connectivity index (χ2n) is 5.09. The second-order valence-corrected chi connectivity index (χ2v) is 5.09. The Balaban J connectivity index is 2.63. The van der Waals surface area contributed by atoms with Crippen LogP contribution in [0.15, 0.2) is 24.3 Å². The van der Waals surface area contributed by atoms with E-state index in [1.807, 2.05) is 0 Å². The molecule has 0 aliphatic carbocycles. The molecule has 0 atom stereocenters. The van der Waals surface area contributed by atoms with Crippen LogP contribution < -0.4 is 15.4 Å². The highest BCUT2D eigenvalue weighted by Crippen LogP contribution is 2.17. The summed E-state index contributed by atoms with van der Waals surface area (Å²) in [5.74, 6) is -1.79. The number of rotatable bonds is 7. The van der Waals surface area contributed by atoms with E-state index in [1.165, 1.54) is 13.8 Å². The van der Waals surface area contributed by atoms with Crippen LogP contribution in [-0.2, 0) is 9.59 Å². The monoisotopic (exact) mass is 308 g/mol. The molecule has 0 unspecified atom stereocenters. The SMILES string of the molecule is CCOc1ccccc1C(=O)NCC(=O)NC(C)(C)C(=O)O. The molecule has 1 rings (SSSR count). The van der Waals surface area contributed by atoms with Gasteiger partial charge in [-0.05, 0) is 32.9 Å². The average molecular weight is 308 g/mol. The summed E-state index contributed by atoms with van der Waals surface area (Å²) in [6, 6.07) is 6.67. The number of hydrogen-bond donors (Lipinski definition) is 3. The zero-order valence-corrected chi connectivity index (χ0v) is 12.8. The number of nitrogens with one attached hydrogen (secondary N) is 2. The molecule has 0 bridgehead atoms. The fourth-order valence-corrected chi connectivity index (χ4v) is 1.64. The van der Waals surface area contributed by atoms with Gasteiger partial charge in [-0.2, -0.15) is 0 Å². The Morgan fingerprint density at radius 1 is 1.23 bits per heavy atom. The minimum atomic E-state index is -1.40. The molecule has 7 heteroatoms. The number of hydrogen-bond acceptors (Lipinski definition) is 4. The first-order valence-electron chi connectivity index (χ1n) is 6.82. The fraction of sp³-hybridized carbons (Fsp3) is 0.400. The minimum absolute atomic E-state index is 0.314. The summed E-state index contributed by atoms with van der Waals surface area (Å²) in [4.78, 5) is 34.7. The van der Waals surface area contributed by atoms with Crippen LogP contribution in [-0.4, -0.2) is 41.6 Å². The van der Waals surface area contributed by atoms with Gasteiger partial charge in [0.2, 0.25) is 5.91 Å². The maximum absolute atomic E-state index is 12.1. The van der Waals surface area contributed by atoms with E-state index < -0.39 is 23.3 Å². The molecule has 0 fully saturated rings. The molecule has 7 nitrogen and oxygen atoms in total. The maximum atomic E-state index is 12.1. The predicted octanol–water partition coefficient (Wildman–Crippen LogP) is 0.794. The molecule has 1 aromatic carbocycles. The Bertz CT molecular complexity index is 569. The lowest BCUT2D eigenvalue weighted by atomic mass is 10.1. The Morgan fingerprint density at radius 2 is 1.86 bits per heavy atom. The zero-order chi connectivity index (χ0) is 16.8. The van der Waals surface area contributed by atoms with Crippen LogP contribution in [0.3, 0.4) is 0 Å². The smallest absolute Gasteiger partial charge is 0.328 e.